The van der Waals surface area contributed by atoms with Crippen molar-refractivity contribution >= 4 is 38.6 Å². The fourth-order valence-electron chi connectivity index (χ4n) is 2.28. The molecular weight excluding hydrogens is 312 g/mol. The third-order valence-corrected chi connectivity index (χ3v) is 3.89. The number of aromatic nitrogens is 2. The Bertz CT molecular complexity index is 685. The quantitative estimate of drug-likeness (QED) is 0.671. The van der Waals surface area contributed by atoms with Crippen LogP contribution in [0, 0.1) is 0 Å². The van der Waals surface area contributed by atoms with Crippen LogP contribution in [0.1, 0.15) is 12.8 Å². The van der Waals surface area contributed by atoms with Crippen molar-refractivity contribution in [2.75, 3.05) is 11.9 Å². The molecule has 0 saturated carbocycles. The van der Waals surface area contributed by atoms with E-state index >= 15 is 0 Å². The van der Waals surface area contributed by atoms with E-state index in [1.165, 1.54) is 0 Å². The first-order chi connectivity index (χ1) is 9.13. The van der Waals surface area contributed by atoms with Gasteiger partial charge in [0.05, 0.1) is 22.8 Å². The number of H-pyrrole nitrogens is 2. The molecule has 1 aliphatic rings. The fourth-order valence-corrected chi connectivity index (χ4v) is 2.72. The summed E-state index contributed by atoms with van der Waals surface area (Å²) in [5.41, 5.74) is 1.76. The molecule has 0 bridgehead atoms. The van der Waals surface area contributed by atoms with Crippen LogP contribution in [0.5, 0.6) is 0 Å². The molecule has 6 nitrogen and oxygen atoms in total. The van der Waals surface area contributed by atoms with E-state index in [1.807, 2.05) is 0 Å². The van der Waals surface area contributed by atoms with E-state index in [4.69, 9.17) is 0 Å². The lowest BCUT2D eigenvalue weighted by molar-refractivity contribution is -0.117. The van der Waals surface area contributed by atoms with Crippen LogP contribution in [0.3, 0.4) is 0 Å². The summed E-state index contributed by atoms with van der Waals surface area (Å²) in [6.07, 6.45) is 1.87. The summed E-state index contributed by atoms with van der Waals surface area (Å²) in [6.45, 7) is 0.878. The van der Waals surface area contributed by atoms with E-state index in [1.54, 1.807) is 12.1 Å². The average Bonchev–Trinajstić information content (AvgIpc) is 2.97. The van der Waals surface area contributed by atoms with Crippen molar-refractivity contribution < 1.29 is 4.79 Å². The average molecular weight is 325 g/mol. The summed E-state index contributed by atoms with van der Waals surface area (Å²) < 4.78 is 0.738. The van der Waals surface area contributed by atoms with E-state index in [-0.39, 0.29) is 17.6 Å². The Morgan fingerprint density at radius 1 is 1.32 bits per heavy atom. The molecule has 1 saturated heterocycles. The minimum Gasteiger partial charge on any atom is -0.324 e. The van der Waals surface area contributed by atoms with Gasteiger partial charge >= 0.3 is 5.69 Å². The Labute approximate surface area is 117 Å². The van der Waals surface area contributed by atoms with Crippen molar-refractivity contribution in [2.45, 2.75) is 18.9 Å². The molecule has 1 aromatic carbocycles. The van der Waals surface area contributed by atoms with Crippen LogP contribution in [0.2, 0.25) is 0 Å². The number of fused-ring (bicyclic) bond motifs is 1. The van der Waals surface area contributed by atoms with Crippen LogP contribution in [0.15, 0.2) is 21.4 Å². The summed E-state index contributed by atoms with van der Waals surface area (Å²) in [5, 5.41) is 6.02. The number of benzene rings is 1. The third kappa shape index (κ3) is 2.43. The zero-order valence-electron chi connectivity index (χ0n) is 10.0. The van der Waals surface area contributed by atoms with Crippen molar-refractivity contribution in [1.82, 2.24) is 15.3 Å². The Hall–Kier alpha value is -1.60. The number of rotatable bonds is 2. The summed E-state index contributed by atoms with van der Waals surface area (Å²) in [6, 6.07) is 3.38. The molecule has 19 heavy (non-hydrogen) atoms. The van der Waals surface area contributed by atoms with Gasteiger partial charge in [0, 0.05) is 4.47 Å². The molecule has 2 heterocycles. The Kier molecular flexibility index (Phi) is 3.16. The molecule has 0 unspecified atom stereocenters. The first-order valence-corrected chi connectivity index (χ1v) is 6.88. The Balaban J connectivity index is 1.89. The highest BCUT2D eigenvalue weighted by Gasteiger charge is 2.22. The fraction of sp³-hybridized carbons (Fsp3) is 0.333. The minimum absolute atomic E-state index is 0.0459. The number of imidazole rings is 1. The van der Waals surface area contributed by atoms with Gasteiger partial charge in [-0.25, -0.2) is 4.79 Å². The van der Waals surface area contributed by atoms with Gasteiger partial charge in [-0.05, 0) is 47.4 Å². The molecule has 0 radical (unpaired) electrons. The van der Waals surface area contributed by atoms with Crippen LogP contribution in [-0.2, 0) is 4.79 Å². The van der Waals surface area contributed by atoms with E-state index in [0.717, 1.165) is 23.9 Å². The van der Waals surface area contributed by atoms with Crippen molar-refractivity contribution in [3.8, 4) is 0 Å². The number of nitrogens with one attached hydrogen (secondary N) is 4. The Morgan fingerprint density at radius 2 is 2.05 bits per heavy atom. The molecule has 3 rings (SSSR count). The number of amides is 1. The highest BCUT2D eigenvalue weighted by atomic mass is 79.9. The maximum atomic E-state index is 12.0. The summed E-state index contributed by atoms with van der Waals surface area (Å²) in [4.78, 5) is 28.6. The van der Waals surface area contributed by atoms with Crippen LogP contribution in [-0.4, -0.2) is 28.5 Å². The summed E-state index contributed by atoms with van der Waals surface area (Å²) in [7, 11) is 0. The van der Waals surface area contributed by atoms with E-state index in [2.05, 4.69) is 36.5 Å². The maximum absolute atomic E-state index is 12.0. The zero-order chi connectivity index (χ0) is 13.4. The molecule has 100 valence electrons. The third-order valence-electron chi connectivity index (χ3n) is 3.24. The minimum atomic E-state index is -0.261. The summed E-state index contributed by atoms with van der Waals surface area (Å²) >= 11 is 3.39. The van der Waals surface area contributed by atoms with Crippen molar-refractivity contribution in [3.05, 3.63) is 27.1 Å². The van der Waals surface area contributed by atoms with Crippen molar-refractivity contribution in [2.24, 2.45) is 0 Å². The van der Waals surface area contributed by atoms with Gasteiger partial charge < -0.3 is 20.6 Å². The van der Waals surface area contributed by atoms with Crippen molar-refractivity contribution in [3.63, 3.8) is 0 Å². The molecule has 4 N–H and O–H groups in total. The lowest BCUT2D eigenvalue weighted by Crippen LogP contribution is -2.35. The van der Waals surface area contributed by atoms with Gasteiger partial charge in [-0.15, -0.1) is 0 Å². The van der Waals surface area contributed by atoms with Gasteiger partial charge in [-0.2, -0.15) is 0 Å². The molecule has 1 amide bonds. The first-order valence-electron chi connectivity index (χ1n) is 6.09. The van der Waals surface area contributed by atoms with E-state index < -0.39 is 0 Å². The molecule has 1 aromatic heterocycles. The molecule has 0 aliphatic carbocycles. The topological polar surface area (TPSA) is 89.8 Å². The second-order valence-electron chi connectivity index (χ2n) is 4.59. The number of aromatic amines is 2. The van der Waals surface area contributed by atoms with Gasteiger partial charge in [0.25, 0.3) is 0 Å². The lowest BCUT2D eigenvalue weighted by atomic mass is 10.2. The van der Waals surface area contributed by atoms with Gasteiger partial charge in [-0.3, -0.25) is 4.79 Å². The number of anilines is 1. The second kappa shape index (κ2) is 4.82. The molecule has 0 spiro atoms. The number of halogens is 1. The van der Waals surface area contributed by atoms with Crippen LogP contribution in [0.25, 0.3) is 11.0 Å². The molecule has 2 aromatic rings. The molecule has 1 fully saturated rings. The number of hydrogen-bond acceptors (Lipinski definition) is 3. The first kappa shape index (κ1) is 12.4. The normalized spacial score (nSPS) is 18.9. The SMILES string of the molecule is O=C(Nc1cc2[nH]c(=O)[nH]c2cc1Br)[C@@H]1CCCN1. The Morgan fingerprint density at radius 3 is 2.74 bits per heavy atom. The predicted molar refractivity (Wildman–Crippen MR) is 76.3 cm³/mol. The molecule has 1 atom stereocenters. The van der Waals surface area contributed by atoms with Crippen LogP contribution < -0.4 is 16.3 Å². The van der Waals surface area contributed by atoms with Crippen molar-refractivity contribution in [1.29, 1.82) is 0 Å². The van der Waals surface area contributed by atoms with E-state index in [9.17, 15) is 9.59 Å². The van der Waals surface area contributed by atoms with Crippen LogP contribution >= 0.6 is 15.9 Å². The monoisotopic (exact) mass is 324 g/mol. The lowest BCUT2D eigenvalue weighted by Gasteiger charge is -2.12. The van der Waals surface area contributed by atoms with Gasteiger partial charge in [0.15, 0.2) is 0 Å². The molecule has 1 aliphatic heterocycles. The van der Waals surface area contributed by atoms with E-state index in [0.29, 0.717) is 16.7 Å². The maximum Gasteiger partial charge on any atom is 0.323 e. The second-order valence-corrected chi connectivity index (χ2v) is 5.45. The molecular formula is C12H13BrN4O2. The van der Waals surface area contributed by atoms with Gasteiger partial charge in [0.1, 0.15) is 0 Å². The van der Waals surface area contributed by atoms with Gasteiger partial charge in [0.2, 0.25) is 5.91 Å². The standard InChI is InChI=1S/C12H13BrN4O2/c13-6-4-9-10(17-12(19)16-9)5-8(6)15-11(18)7-2-1-3-14-7/h4-5,7,14H,1-3H2,(H,15,18)(H2,16,17,19)/t7-/m0/s1. The largest absolute Gasteiger partial charge is 0.324 e. The molecule has 7 heteroatoms. The predicted octanol–water partition coefficient (Wildman–Crippen LogP) is 1.31. The number of carbonyl (C=O) groups excluding carboxylic acids is 1. The summed E-state index contributed by atoms with van der Waals surface area (Å²) in [5.74, 6) is -0.0459. The number of carbonyl (C=O) groups is 1. The zero-order valence-corrected chi connectivity index (χ0v) is 11.6. The highest BCUT2D eigenvalue weighted by molar-refractivity contribution is 9.10. The smallest absolute Gasteiger partial charge is 0.323 e. The number of hydrogen-bond donors (Lipinski definition) is 4. The highest BCUT2D eigenvalue weighted by Crippen LogP contribution is 2.26. The van der Waals surface area contributed by atoms with Crippen LogP contribution in [0.4, 0.5) is 5.69 Å². The van der Waals surface area contributed by atoms with Gasteiger partial charge in [-0.1, -0.05) is 0 Å².